The van der Waals surface area contributed by atoms with Gasteiger partial charge < -0.3 is 24.5 Å². The first-order valence-electron chi connectivity index (χ1n) is 9.28. The minimum atomic E-state index is -0.480. The molecule has 160 valence electrons. The van der Waals surface area contributed by atoms with Gasteiger partial charge in [0.2, 0.25) is 0 Å². The first kappa shape index (κ1) is 22.0. The highest BCUT2D eigenvalue weighted by Gasteiger charge is 2.18. The van der Waals surface area contributed by atoms with E-state index in [2.05, 4.69) is 10.6 Å². The molecule has 2 amide bonds. The lowest BCUT2D eigenvalue weighted by atomic mass is 10.1. The van der Waals surface area contributed by atoms with Gasteiger partial charge in [0.1, 0.15) is 11.5 Å². The SMILES string of the molecule is COc1ccc(C(=O)N/C(=C\c2ccco2)C(=O)Nc2ccccc2SC)cc1OC. The van der Waals surface area contributed by atoms with Gasteiger partial charge in [-0.15, -0.1) is 11.8 Å². The quantitative estimate of drug-likeness (QED) is 0.400. The number of carbonyl (C=O) groups excluding carboxylic acids is 2. The van der Waals surface area contributed by atoms with Crippen LogP contribution < -0.4 is 20.1 Å². The molecule has 0 bridgehead atoms. The van der Waals surface area contributed by atoms with E-state index in [1.165, 1.54) is 38.3 Å². The van der Waals surface area contributed by atoms with Crippen molar-refractivity contribution in [1.29, 1.82) is 0 Å². The third-order valence-corrected chi connectivity index (χ3v) is 5.12. The van der Waals surface area contributed by atoms with Crippen LogP contribution in [0.25, 0.3) is 6.08 Å². The van der Waals surface area contributed by atoms with Crippen LogP contribution >= 0.6 is 11.8 Å². The largest absolute Gasteiger partial charge is 0.493 e. The van der Waals surface area contributed by atoms with E-state index in [0.29, 0.717) is 28.5 Å². The second-order valence-electron chi connectivity index (χ2n) is 6.25. The Balaban J connectivity index is 1.88. The van der Waals surface area contributed by atoms with E-state index in [1.54, 1.807) is 36.4 Å². The fourth-order valence-corrected chi connectivity index (χ4v) is 3.34. The summed E-state index contributed by atoms with van der Waals surface area (Å²) in [5, 5.41) is 5.51. The van der Waals surface area contributed by atoms with Crippen molar-refractivity contribution in [2.24, 2.45) is 0 Å². The molecule has 0 saturated carbocycles. The zero-order chi connectivity index (χ0) is 22.2. The van der Waals surface area contributed by atoms with E-state index in [9.17, 15) is 9.59 Å². The van der Waals surface area contributed by atoms with Crippen LogP contribution in [0.15, 0.2) is 75.9 Å². The molecule has 0 unspecified atom stereocenters. The molecule has 0 radical (unpaired) electrons. The van der Waals surface area contributed by atoms with Crippen LogP contribution in [0.5, 0.6) is 11.5 Å². The molecule has 0 aliphatic rings. The van der Waals surface area contributed by atoms with E-state index in [-0.39, 0.29) is 5.70 Å². The fraction of sp³-hybridized carbons (Fsp3) is 0.130. The normalized spacial score (nSPS) is 11.0. The average molecular weight is 439 g/mol. The number of anilines is 1. The molecule has 3 rings (SSSR count). The molecule has 31 heavy (non-hydrogen) atoms. The first-order valence-corrected chi connectivity index (χ1v) is 10.5. The number of nitrogens with one attached hydrogen (secondary N) is 2. The lowest BCUT2D eigenvalue weighted by molar-refractivity contribution is -0.113. The van der Waals surface area contributed by atoms with Crippen molar-refractivity contribution in [2.75, 3.05) is 25.8 Å². The summed E-state index contributed by atoms with van der Waals surface area (Å²) < 4.78 is 15.8. The second kappa shape index (κ2) is 10.4. The van der Waals surface area contributed by atoms with E-state index < -0.39 is 11.8 Å². The molecule has 0 spiro atoms. The Morgan fingerprint density at radius 2 is 1.77 bits per heavy atom. The van der Waals surface area contributed by atoms with Gasteiger partial charge in [-0.3, -0.25) is 9.59 Å². The number of carbonyl (C=O) groups is 2. The van der Waals surface area contributed by atoms with Crippen LogP contribution in [0.2, 0.25) is 0 Å². The summed E-state index contributed by atoms with van der Waals surface area (Å²) >= 11 is 1.51. The zero-order valence-corrected chi connectivity index (χ0v) is 18.1. The highest BCUT2D eigenvalue weighted by atomic mass is 32.2. The Labute approximate surface area is 184 Å². The molecule has 2 aromatic carbocycles. The number of thioether (sulfide) groups is 1. The summed E-state index contributed by atoms with van der Waals surface area (Å²) in [7, 11) is 3.00. The number of ether oxygens (including phenoxy) is 2. The number of furan rings is 1. The van der Waals surface area contributed by atoms with Gasteiger partial charge in [-0.25, -0.2) is 0 Å². The minimum absolute atomic E-state index is 0.0330. The van der Waals surface area contributed by atoms with Crippen molar-refractivity contribution in [3.63, 3.8) is 0 Å². The van der Waals surface area contributed by atoms with Crippen LogP contribution in [0.1, 0.15) is 16.1 Å². The Morgan fingerprint density at radius 1 is 1.00 bits per heavy atom. The zero-order valence-electron chi connectivity index (χ0n) is 17.3. The van der Waals surface area contributed by atoms with Crippen molar-refractivity contribution in [3.05, 3.63) is 77.9 Å². The Kier molecular flexibility index (Phi) is 7.40. The van der Waals surface area contributed by atoms with Crippen LogP contribution in [-0.4, -0.2) is 32.3 Å². The maximum atomic E-state index is 13.0. The maximum absolute atomic E-state index is 13.0. The molecule has 0 fully saturated rings. The molecule has 0 atom stereocenters. The summed E-state index contributed by atoms with van der Waals surface area (Å²) in [5.74, 6) is 0.372. The lowest BCUT2D eigenvalue weighted by Gasteiger charge is -2.13. The second-order valence-corrected chi connectivity index (χ2v) is 7.10. The van der Waals surface area contributed by atoms with E-state index in [1.807, 2.05) is 24.5 Å². The van der Waals surface area contributed by atoms with Gasteiger partial charge in [-0.1, -0.05) is 12.1 Å². The number of benzene rings is 2. The van der Waals surface area contributed by atoms with Gasteiger partial charge in [-0.05, 0) is 48.7 Å². The summed E-state index contributed by atoms with van der Waals surface area (Å²) in [4.78, 5) is 26.8. The summed E-state index contributed by atoms with van der Waals surface area (Å²) in [6.07, 6.45) is 4.87. The van der Waals surface area contributed by atoms with Gasteiger partial charge in [0.15, 0.2) is 11.5 Å². The number of methoxy groups -OCH3 is 2. The number of hydrogen-bond acceptors (Lipinski definition) is 6. The summed E-state index contributed by atoms with van der Waals surface area (Å²) in [6.45, 7) is 0. The smallest absolute Gasteiger partial charge is 0.272 e. The Hall–Kier alpha value is -3.65. The molecule has 0 saturated heterocycles. The molecule has 7 nitrogen and oxygen atoms in total. The van der Waals surface area contributed by atoms with Crippen molar-refractivity contribution >= 4 is 35.3 Å². The predicted octanol–water partition coefficient (Wildman–Crippen LogP) is 4.43. The van der Waals surface area contributed by atoms with Crippen molar-refractivity contribution in [3.8, 4) is 11.5 Å². The monoisotopic (exact) mass is 438 g/mol. The topological polar surface area (TPSA) is 89.8 Å². The third-order valence-electron chi connectivity index (χ3n) is 4.32. The molecular weight excluding hydrogens is 416 g/mol. The van der Waals surface area contributed by atoms with Gasteiger partial charge in [0.25, 0.3) is 11.8 Å². The van der Waals surface area contributed by atoms with Gasteiger partial charge >= 0.3 is 0 Å². The van der Waals surface area contributed by atoms with Gasteiger partial charge in [-0.2, -0.15) is 0 Å². The molecule has 8 heteroatoms. The summed E-state index contributed by atoms with van der Waals surface area (Å²) in [5.41, 5.74) is 0.983. The van der Waals surface area contributed by atoms with Crippen LogP contribution in [0.4, 0.5) is 5.69 Å². The van der Waals surface area contributed by atoms with Gasteiger partial charge in [0.05, 0.1) is 26.2 Å². The van der Waals surface area contributed by atoms with E-state index >= 15 is 0 Å². The van der Waals surface area contributed by atoms with Crippen molar-refractivity contribution in [2.45, 2.75) is 4.90 Å². The van der Waals surface area contributed by atoms with Crippen LogP contribution in [0.3, 0.4) is 0 Å². The number of amides is 2. The highest BCUT2D eigenvalue weighted by Crippen LogP contribution is 2.28. The lowest BCUT2D eigenvalue weighted by Crippen LogP contribution is -2.30. The first-order chi connectivity index (χ1) is 15.0. The van der Waals surface area contributed by atoms with E-state index in [4.69, 9.17) is 13.9 Å². The number of para-hydroxylation sites is 1. The Bertz CT molecular complexity index is 1090. The third kappa shape index (κ3) is 5.49. The molecule has 1 aromatic heterocycles. The van der Waals surface area contributed by atoms with E-state index in [0.717, 1.165) is 4.90 Å². The molecular formula is C23H22N2O5S. The highest BCUT2D eigenvalue weighted by molar-refractivity contribution is 7.98. The average Bonchev–Trinajstić information content (AvgIpc) is 3.31. The minimum Gasteiger partial charge on any atom is -0.493 e. The maximum Gasteiger partial charge on any atom is 0.272 e. The van der Waals surface area contributed by atoms with Crippen LogP contribution in [0, 0.1) is 0 Å². The Morgan fingerprint density at radius 3 is 2.45 bits per heavy atom. The number of hydrogen-bond donors (Lipinski definition) is 2. The van der Waals surface area contributed by atoms with Crippen molar-refractivity contribution < 1.29 is 23.5 Å². The summed E-state index contributed by atoms with van der Waals surface area (Å²) in [6, 6.07) is 15.5. The van der Waals surface area contributed by atoms with Gasteiger partial charge in [0, 0.05) is 16.5 Å². The van der Waals surface area contributed by atoms with Crippen LogP contribution in [-0.2, 0) is 4.79 Å². The molecule has 2 N–H and O–H groups in total. The number of rotatable bonds is 8. The standard InChI is InChI=1S/C23H22N2O5S/c1-28-19-11-10-15(13-20(19)29-2)22(26)25-18(14-16-7-6-12-30-16)23(27)24-17-8-4-5-9-21(17)31-3/h4-14H,1-3H3,(H,24,27)(H,25,26)/b18-14-. The molecule has 0 aliphatic carbocycles. The molecule has 3 aromatic rings. The molecule has 0 aliphatic heterocycles. The predicted molar refractivity (Wildman–Crippen MR) is 121 cm³/mol. The molecule has 1 heterocycles. The fourth-order valence-electron chi connectivity index (χ4n) is 2.78. The van der Waals surface area contributed by atoms with Crippen molar-refractivity contribution in [1.82, 2.24) is 5.32 Å².